The van der Waals surface area contributed by atoms with Crippen LogP contribution in [0.2, 0.25) is 0 Å². The lowest BCUT2D eigenvalue weighted by Crippen LogP contribution is -2.20. The van der Waals surface area contributed by atoms with E-state index in [2.05, 4.69) is 6.92 Å². The first kappa shape index (κ1) is 23.8. The zero-order valence-corrected chi connectivity index (χ0v) is 19.3. The van der Waals surface area contributed by atoms with E-state index in [1.54, 1.807) is 20.3 Å². The first-order valence-corrected chi connectivity index (χ1v) is 11.4. The number of methoxy groups -OCH3 is 2. The molecule has 174 valence electrons. The van der Waals surface area contributed by atoms with Crippen LogP contribution in [0.25, 0.3) is 0 Å². The Balaban J connectivity index is 1.66. The first-order chi connectivity index (χ1) is 15.5. The minimum Gasteiger partial charge on any atom is -0.504 e. The summed E-state index contributed by atoms with van der Waals surface area (Å²) in [6, 6.07) is 11.1. The summed E-state index contributed by atoms with van der Waals surface area (Å²) in [6.07, 6.45) is 5.67. The van der Waals surface area contributed by atoms with Crippen molar-refractivity contribution in [1.29, 1.82) is 0 Å². The van der Waals surface area contributed by atoms with Gasteiger partial charge >= 0.3 is 5.97 Å². The summed E-state index contributed by atoms with van der Waals surface area (Å²) in [5.41, 5.74) is 2.02. The molecule has 3 rings (SSSR count). The van der Waals surface area contributed by atoms with E-state index in [1.165, 1.54) is 12.8 Å². The maximum Gasteiger partial charge on any atom is 0.309 e. The molecule has 2 atom stereocenters. The number of carbonyl (C=O) groups is 1. The molecule has 6 nitrogen and oxygen atoms in total. The van der Waals surface area contributed by atoms with Gasteiger partial charge in [-0.3, -0.25) is 4.79 Å². The van der Waals surface area contributed by atoms with E-state index in [0.29, 0.717) is 43.3 Å². The highest BCUT2D eigenvalue weighted by Crippen LogP contribution is 2.34. The van der Waals surface area contributed by atoms with Gasteiger partial charge in [0.25, 0.3) is 0 Å². The topological polar surface area (TPSA) is 74.2 Å². The number of phenols is 1. The second kappa shape index (κ2) is 11.7. The van der Waals surface area contributed by atoms with E-state index < -0.39 is 0 Å². The predicted molar refractivity (Wildman–Crippen MR) is 123 cm³/mol. The van der Waals surface area contributed by atoms with Crippen molar-refractivity contribution in [3.05, 3.63) is 47.5 Å². The Kier molecular flexibility index (Phi) is 8.65. The van der Waals surface area contributed by atoms with Crippen LogP contribution in [0, 0.1) is 11.8 Å². The number of unbranched alkanes of at least 4 members (excludes halogenated alkanes) is 3. The van der Waals surface area contributed by atoms with Crippen molar-refractivity contribution in [2.75, 3.05) is 27.4 Å². The Labute approximate surface area is 190 Å². The number of ether oxygens (including phenoxy) is 4. The lowest BCUT2D eigenvalue weighted by atomic mass is 9.85. The van der Waals surface area contributed by atoms with Crippen molar-refractivity contribution in [3.63, 3.8) is 0 Å². The molecule has 2 aromatic carbocycles. The fraction of sp³-hybridized carbons (Fsp3) is 0.500. The summed E-state index contributed by atoms with van der Waals surface area (Å²) in [5, 5.41) is 10.2. The number of benzene rings is 2. The summed E-state index contributed by atoms with van der Waals surface area (Å²) in [4.78, 5) is 12.5. The molecular weight excluding hydrogens is 408 g/mol. The van der Waals surface area contributed by atoms with E-state index in [1.807, 2.05) is 30.3 Å². The van der Waals surface area contributed by atoms with E-state index in [-0.39, 0.29) is 23.6 Å². The zero-order valence-electron chi connectivity index (χ0n) is 19.3. The minimum atomic E-state index is -0.245. The Morgan fingerprint density at radius 1 is 0.938 bits per heavy atom. The fourth-order valence-electron chi connectivity index (χ4n) is 4.13. The van der Waals surface area contributed by atoms with Gasteiger partial charge < -0.3 is 24.1 Å². The molecule has 1 fully saturated rings. The molecule has 0 radical (unpaired) electrons. The number of phenolic OH excluding ortho intramolecular Hbond substituents is 1. The van der Waals surface area contributed by atoms with Gasteiger partial charge in [0.1, 0.15) is 0 Å². The SMILES string of the molecule is CCCCCCOc1cc(C[C@H]2C(=O)OC[C@@H]2Cc2ccc(OC)c(OC)c2)ccc1O. The van der Waals surface area contributed by atoms with Crippen LogP contribution in [0.3, 0.4) is 0 Å². The van der Waals surface area contributed by atoms with Gasteiger partial charge in [0.15, 0.2) is 23.0 Å². The third kappa shape index (κ3) is 6.09. The summed E-state index contributed by atoms with van der Waals surface area (Å²) >= 11 is 0. The van der Waals surface area contributed by atoms with Gasteiger partial charge in [0.05, 0.1) is 33.4 Å². The molecule has 32 heavy (non-hydrogen) atoms. The van der Waals surface area contributed by atoms with Crippen LogP contribution < -0.4 is 14.2 Å². The van der Waals surface area contributed by atoms with Gasteiger partial charge in [0.2, 0.25) is 0 Å². The lowest BCUT2D eigenvalue weighted by Gasteiger charge is -2.17. The number of cyclic esters (lactones) is 1. The number of hydrogen-bond acceptors (Lipinski definition) is 6. The monoisotopic (exact) mass is 442 g/mol. The number of esters is 1. The summed E-state index contributed by atoms with van der Waals surface area (Å²) < 4.78 is 21.9. The molecule has 0 amide bonds. The maximum atomic E-state index is 12.5. The van der Waals surface area contributed by atoms with Crippen molar-refractivity contribution in [3.8, 4) is 23.0 Å². The quantitative estimate of drug-likeness (QED) is 0.371. The van der Waals surface area contributed by atoms with Crippen LogP contribution >= 0.6 is 0 Å². The number of hydrogen-bond donors (Lipinski definition) is 1. The molecule has 0 spiro atoms. The van der Waals surface area contributed by atoms with Crippen molar-refractivity contribution >= 4 is 5.97 Å². The standard InChI is InChI=1S/C26H34O6/c1-4-5-6-7-12-31-24-15-19(8-10-22(24)27)14-21-20(17-32-26(21)28)13-18-9-11-23(29-2)25(16-18)30-3/h8-11,15-16,20-21,27H,4-7,12-14,17H2,1-3H3/t20-,21+/m0/s1. The third-order valence-corrected chi connectivity index (χ3v) is 5.99. The Hall–Kier alpha value is -2.89. The molecule has 0 aromatic heterocycles. The summed E-state index contributed by atoms with van der Waals surface area (Å²) in [5.74, 6) is 1.59. The molecule has 0 bridgehead atoms. The van der Waals surface area contributed by atoms with E-state index in [9.17, 15) is 9.90 Å². The molecule has 0 saturated carbocycles. The molecule has 1 heterocycles. The van der Waals surface area contributed by atoms with Crippen LogP contribution in [-0.4, -0.2) is 38.5 Å². The second-order valence-corrected chi connectivity index (χ2v) is 8.31. The van der Waals surface area contributed by atoms with Gasteiger partial charge in [-0.15, -0.1) is 0 Å². The summed E-state index contributed by atoms with van der Waals surface area (Å²) in [7, 11) is 3.22. The van der Waals surface area contributed by atoms with Crippen LogP contribution in [0.15, 0.2) is 36.4 Å². The van der Waals surface area contributed by atoms with Gasteiger partial charge in [-0.05, 0) is 54.7 Å². The number of carbonyl (C=O) groups excluding carboxylic acids is 1. The molecular formula is C26H34O6. The van der Waals surface area contributed by atoms with E-state index in [0.717, 1.165) is 24.0 Å². The molecule has 1 N–H and O–H groups in total. The van der Waals surface area contributed by atoms with Crippen LogP contribution in [-0.2, 0) is 22.4 Å². The minimum absolute atomic E-state index is 0.0628. The average Bonchev–Trinajstić information content (AvgIpc) is 3.14. The van der Waals surface area contributed by atoms with E-state index in [4.69, 9.17) is 18.9 Å². The number of aromatic hydroxyl groups is 1. The molecule has 0 unspecified atom stereocenters. The lowest BCUT2D eigenvalue weighted by molar-refractivity contribution is -0.141. The highest BCUT2D eigenvalue weighted by Gasteiger charge is 2.37. The van der Waals surface area contributed by atoms with E-state index >= 15 is 0 Å². The van der Waals surface area contributed by atoms with Gasteiger partial charge in [-0.25, -0.2) is 0 Å². The molecule has 1 aliphatic heterocycles. The third-order valence-electron chi connectivity index (χ3n) is 5.99. The van der Waals surface area contributed by atoms with Crippen molar-refractivity contribution in [2.24, 2.45) is 11.8 Å². The van der Waals surface area contributed by atoms with Crippen molar-refractivity contribution in [2.45, 2.75) is 45.4 Å². The summed E-state index contributed by atoms with van der Waals surface area (Å²) in [6.45, 7) is 3.14. The van der Waals surface area contributed by atoms with Crippen molar-refractivity contribution in [1.82, 2.24) is 0 Å². The maximum absolute atomic E-state index is 12.5. The largest absolute Gasteiger partial charge is 0.504 e. The highest BCUT2D eigenvalue weighted by atomic mass is 16.5. The van der Waals surface area contributed by atoms with Gasteiger partial charge in [-0.1, -0.05) is 38.3 Å². The first-order valence-electron chi connectivity index (χ1n) is 11.4. The highest BCUT2D eigenvalue weighted by molar-refractivity contribution is 5.75. The second-order valence-electron chi connectivity index (χ2n) is 8.31. The Morgan fingerprint density at radius 2 is 1.66 bits per heavy atom. The molecule has 0 aliphatic carbocycles. The predicted octanol–water partition coefficient (Wildman–Crippen LogP) is 4.94. The Bertz CT molecular complexity index is 894. The average molecular weight is 443 g/mol. The molecule has 6 heteroatoms. The number of rotatable bonds is 12. The smallest absolute Gasteiger partial charge is 0.309 e. The van der Waals surface area contributed by atoms with Crippen LogP contribution in [0.4, 0.5) is 0 Å². The van der Waals surface area contributed by atoms with Gasteiger partial charge in [0, 0.05) is 5.92 Å². The fourth-order valence-corrected chi connectivity index (χ4v) is 4.13. The molecule has 2 aromatic rings. The van der Waals surface area contributed by atoms with Crippen LogP contribution in [0.1, 0.15) is 43.7 Å². The Morgan fingerprint density at radius 3 is 2.41 bits per heavy atom. The van der Waals surface area contributed by atoms with Crippen LogP contribution in [0.5, 0.6) is 23.0 Å². The van der Waals surface area contributed by atoms with Gasteiger partial charge in [-0.2, -0.15) is 0 Å². The molecule has 1 aliphatic rings. The van der Waals surface area contributed by atoms with Crippen molar-refractivity contribution < 1.29 is 28.8 Å². The normalized spacial score (nSPS) is 17.8. The molecule has 1 saturated heterocycles. The zero-order chi connectivity index (χ0) is 22.9.